The van der Waals surface area contributed by atoms with Crippen molar-refractivity contribution in [3.8, 4) is 0 Å². The molecule has 58 valence electrons. The van der Waals surface area contributed by atoms with E-state index in [1.165, 1.54) is 0 Å². The summed E-state index contributed by atoms with van der Waals surface area (Å²) < 4.78 is 0. The van der Waals surface area contributed by atoms with Gasteiger partial charge in [-0.15, -0.1) is 0 Å². The highest BCUT2D eigenvalue weighted by atomic mass is 16.2. The molecule has 0 fully saturated rings. The van der Waals surface area contributed by atoms with Crippen LogP contribution < -0.4 is 0 Å². The molecular formula is C9H6N2O. The second-order valence-corrected chi connectivity index (χ2v) is 2.37. The first-order valence-corrected chi connectivity index (χ1v) is 3.50. The number of allylic oxidation sites excluding steroid dienone is 2. The number of fused-ring (bicyclic) bond motifs is 1. The Labute approximate surface area is 69.7 Å². The van der Waals surface area contributed by atoms with Gasteiger partial charge < -0.3 is 0 Å². The lowest BCUT2D eigenvalue weighted by Crippen LogP contribution is -2.20. The van der Waals surface area contributed by atoms with Gasteiger partial charge in [0.05, 0.1) is 0 Å². The molecule has 2 rings (SSSR count). The fraction of sp³-hybridized carbons (Fsp3) is 0. The molecule has 0 aliphatic carbocycles. The lowest BCUT2D eigenvalue weighted by Gasteiger charge is -2.13. The Morgan fingerprint density at radius 1 is 1.50 bits per heavy atom. The van der Waals surface area contributed by atoms with Gasteiger partial charge in [0, 0.05) is 6.20 Å². The number of nitrogens with zero attached hydrogens (tertiary/aromatic N) is 2. The third-order valence-corrected chi connectivity index (χ3v) is 1.67. The summed E-state index contributed by atoms with van der Waals surface area (Å²) in [4.78, 5) is 16.6. The number of amides is 1. The number of carbonyl (C=O) groups excluding carboxylic acids is 1. The van der Waals surface area contributed by atoms with Crippen molar-refractivity contribution in [2.24, 2.45) is 4.99 Å². The molecular weight excluding hydrogens is 152 g/mol. The van der Waals surface area contributed by atoms with Crippen LogP contribution in [-0.2, 0) is 4.79 Å². The quantitative estimate of drug-likeness (QED) is 0.389. The minimum absolute atomic E-state index is 0.281. The van der Waals surface area contributed by atoms with E-state index < -0.39 is 0 Å². The summed E-state index contributed by atoms with van der Waals surface area (Å²) in [6.07, 6.45) is 7.18. The molecule has 12 heavy (non-hydrogen) atoms. The Bertz CT molecular complexity index is 381. The normalized spacial score (nSPS) is 19.3. The first-order chi connectivity index (χ1) is 5.83. The van der Waals surface area contributed by atoms with E-state index in [-0.39, 0.29) is 5.91 Å². The van der Waals surface area contributed by atoms with Crippen LogP contribution in [0.2, 0.25) is 0 Å². The minimum atomic E-state index is -0.281. The monoisotopic (exact) mass is 158 g/mol. The highest BCUT2D eigenvalue weighted by Crippen LogP contribution is 2.18. The molecule has 0 unspecified atom stereocenters. The molecule has 0 spiro atoms. The summed E-state index contributed by atoms with van der Waals surface area (Å²) in [6, 6.07) is 0. The summed E-state index contributed by atoms with van der Waals surface area (Å²) in [6.45, 7) is 3.43. The lowest BCUT2D eigenvalue weighted by molar-refractivity contribution is -0.114. The highest BCUT2D eigenvalue weighted by molar-refractivity contribution is 6.15. The summed E-state index contributed by atoms with van der Waals surface area (Å²) in [5.74, 6) is 0.352. The molecule has 0 saturated carbocycles. The summed E-state index contributed by atoms with van der Waals surface area (Å²) in [7, 11) is 0. The number of amidine groups is 1. The van der Waals surface area contributed by atoms with E-state index in [1.807, 2.05) is 12.2 Å². The Balaban J connectivity index is 2.53. The van der Waals surface area contributed by atoms with Crippen molar-refractivity contribution < 1.29 is 4.79 Å². The summed E-state index contributed by atoms with van der Waals surface area (Å²) in [5, 5.41) is 0. The van der Waals surface area contributed by atoms with Crippen molar-refractivity contribution in [1.29, 1.82) is 0 Å². The maximum Gasteiger partial charge on any atom is 0.304 e. The van der Waals surface area contributed by atoms with E-state index in [9.17, 15) is 4.79 Å². The molecule has 2 heterocycles. The first kappa shape index (κ1) is 6.83. The lowest BCUT2D eigenvalue weighted by atomic mass is 10.3. The highest BCUT2D eigenvalue weighted by Gasteiger charge is 2.26. The molecule has 0 aromatic carbocycles. The fourth-order valence-corrected chi connectivity index (χ4v) is 1.14. The van der Waals surface area contributed by atoms with Crippen LogP contribution in [0, 0.1) is 0 Å². The maximum atomic E-state index is 11.1. The zero-order valence-corrected chi connectivity index (χ0v) is 6.32. The van der Waals surface area contributed by atoms with Crippen molar-refractivity contribution in [2.45, 2.75) is 0 Å². The van der Waals surface area contributed by atoms with Crippen LogP contribution in [0.4, 0.5) is 0 Å². The molecule has 0 aromatic heterocycles. The Morgan fingerprint density at radius 2 is 2.33 bits per heavy atom. The van der Waals surface area contributed by atoms with Crippen LogP contribution in [0.5, 0.6) is 0 Å². The average molecular weight is 158 g/mol. The topological polar surface area (TPSA) is 32.7 Å². The second-order valence-electron chi connectivity index (χ2n) is 2.37. The van der Waals surface area contributed by atoms with E-state index in [1.54, 1.807) is 17.2 Å². The zero-order valence-electron chi connectivity index (χ0n) is 6.32. The van der Waals surface area contributed by atoms with Gasteiger partial charge in [-0.25, -0.2) is 0 Å². The third-order valence-electron chi connectivity index (χ3n) is 1.67. The predicted octanol–water partition coefficient (Wildman–Crippen LogP) is 0.979. The molecule has 0 radical (unpaired) electrons. The zero-order chi connectivity index (χ0) is 8.55. The smallest absolute Gasteiger partial charge is 0.290 e. The van der Waals surface area contributed by atoms with Crippen molar-refractivity contribution in [3.63, 3.8) is 0 Å². The van der Waals surface area contributed by atoms with E-state index in [2.05, 4.69) is 17.3 Å². The van der Waals surface area contributed by atoms with E-state index in [0.29, 0.717) is 11.5 Å². The summed E-state index contributed by atoms with van der Waals surface area (Å²) >= 11 is 0. The maximum absolute atomic E-state index is 11.1. The van der Waals surface area contributed by atoms with Crippen LogP contribution in [0.25, 0.3) is 0 Å². The SMILES string of the molecule is C=C=C1C(=O)N=C2C=CC=CN12. The number of hydrogen-bond acceptors (Lipinski definition) is 2. The molecule has 2 aliphatic rings. The number of aliphatic imine (C=N–C) groups is 1. The van der Waals surface area contributed by atoms with Crippen LogP contribution in [0.1, 0.15) is 0 Å². The van der Waals surface area contributed by atoms with Gasteiger partial charge >= 0.3 is 5.91 Å². The van der Waals surface area contributed by atoms with Gasteiger partial charge in [0.1, 0.15) is 5.84 Å². The standard InChI is InChI=1S/C9H6N2O/c1-2-7-9(12)10-8-5-3-4-6-11(7)8/h3-6H,1H2. The van der Waals surface area contributed by atoms with Gasteiger partial charge in [-0.2, -0.15) is 4.99 Å². The van der Waals surface area contributed by atoms with Gasteiger partial charge in [-0.1, -0.05) is 18.4 Å². The molecule has 0 N–H and O–H groups in total. The molecule has 0 bridgehead atoms. The molecule has 1 amide bonds. The second kappa shape index (κ2) is 2.32. The predicted molar refractivity (Wildman–Crippen MR) is 45.2 cm³/mol. The molecule has 3 heteroatoms. The van der Waals surface area contributed by atoms with Crippen molar-refractivity contribution in [2.75, 3.05) is 0 Å². The van der Waals surface area contributed by atoms with Gasteiger partial charge in [-0.05, 0) is 12.2 Å². The molecule has 0 atom stereocenters. The minimum Gasteiger partial charge on any atom is -0.290 e. The molecule has 3 nitrogen and oxygen atoms in total. The average Bonchev–Trinajstić information content (AvgIpc) is 2.40. The Kier molecular flexibility index (Phi) is 1.32. The van der Waals surface area contributed by atoms with Gasteiger partial charge in [-0.3, -0.25) is 9.69 Å². The number of hydrogen-bond donors (Lipinski definition) is 0. The van der Waals surface area contributed by atoms with Crippen molar-refractivity contribution in [3.05, 3.63) is 42.4 Å². The molecule has 0 aromatic rings. The Morgan fingerprint density at radius 3 is 3.08 bits per heavy atom. The van der Waals surface area contributed by atoms with E-state index in [0.717, 1.165) is 0 Å². The fourth-order valence-electron chi connectivity index (χ4n) is 1.14. The van der Waals surface area contributed by atoms with Gasteiger partial charge in [0.25, 0.3) is 0 Å². The molecule has 0 saturated heterocycles. The number of carbonyl (C=O) groups is 1. The van der Waals surface area contributed by atoms with Crippen LogP contribution in [0.3, 0.4) is 0 Å². The number of rotatable bonds is 0. The van der Waals surface area contributed by atoms with Crippen molar-refractivity contribution in [1.82, 2.24) is 4.90 Å². The van der Waals surface area contributed by atoms with Crippen LogP contribution in [-0.4, -0.2) is 16.6 Å². The third kappa shape index (κ3) is 0.775. The Hall–Kier alpha value is -1.86. The van der Waals surface area contributed by atoms with E-state index >= 15 is 0 Å². The van der Waals surface area contributed by atoms with E-state index in [4.69, 9.17) is 0 Å². The van der Waals surface area contributed by atoms with Crippen LogP contribution in [0.15, 0.2) is 47.4 Å². The van der Waals surface area contributed by atoms with Crippen molar-refractivity contribution >= 4 is 11.7 Å². The summed E-state index contributed by atoms with van der Waals surface area (Å²) in [5.41, 5.74) is 2.95. The molecule has 2 aliphatic heterocycles. The largest absolute Gasteiger partial charge is 0.304 e. The van der Waals surface area contributed by atoms with Crippen LogP contribution >= 0.6 is 0 Å². The first-order valence-electron chi connectivity index (χ1n) is 3.50. The van der Waals surface area contributed by atoms with Gasteiger partial charge in [0.2, 0.25) is 0 Å². The van der Waals surface area contributed by atoms with Gasteiger partial charge in [0.15, 0.2) is 5.70 Å².